The van der Waals surface area contributed by atoms with Gasteiger partial charge < -0.3 is 10.2 Å². The molecular weight excluding hydrogens is 226 g/mol. The average molecular weight is 249 g/mol. The second kappa shape index (κ2) is 4.65. The second-order valence-electron chi connectivity index (χ2n) is 5.90. The summed E-state index contributed by atoms with van der Waals surface area (Å²) in [6.07, 6.45) is -0.0904. The van der Waals surface area contributed by atoms with Crippen molar-refractivity contribution in [2.75, 3.05) is 13.6 Å². The maximum atomic E-state index is 10.1. The molecule has 0 amide bonds. The number of nitrogens with zero attached hydrogens (tertiary/aromatic N) is 1. The highest BCUT2D eigenvalue weighted by molar-refractivity contribution is 5.33. The largest absolute Gasteiger partial charge is 0.390 e. The second-order valence-corrected chi connectivity index (χ2v) is 5.90. The molecule has 1 aromatic rings. The summed E-state index contributed by atoms with van der Waals surface area (Å²) in [6, 6.07) is 6.59. The molecule has 1 fully saturated rings. The van der Waals surface area contributed by atoms with Crippen molar-refractivity contribution >= 4 is 0 Å². The van der Waals surface area contributed by atoms with Gasteiger partial charge in [-0.05, 0) is 45.4 Å². The minimum atomic E-state index is -1.01. The number of hydrogen-bond donors (Lipinski definition) is 2. The van der Waals surface area contributed by atoms with Crippen molar-refractivity contribution in [2.24, 2.45) is 0 Å². The molecule has 0 aliphatic carbocycles. The zero-order valence-corrected chi connectivity index (χ0v) is 11.6. The van der Waals surface area contributed by atoms with E-state index in [9.17, 15) is 10.2 Å². The summed E-state index contributed by atoms with van der Waals surface area (Å²) in [5.74, 6) is 0. The molecule has 0 aromatic heterocycles. The molecule has 1 aliphatic heterocycles. The zero-order valence-electron chi connectivity index (χ0n) is 11.6. The highest BCUT2D eigenvalue weighted by atomic mass is 16.3. The first-order valence-electron chi connectivity index (χ1n) is 6.49. The topological polar surface area (TPSA) is 43.7 Å². The Balaban J connectivity index is 2.29. The van der Waals surface area contributed by atoms with Gasteiger partial charge in [-0.1, -0.05) is 23.8 Å². The number of likely N-dealkylation sites (tertiary alicyclic amines) is 1. The molecule has 0 unspecified atom stereocenters. The standard InChI is InChI=1S/C15H23NO2/c1-10-5-6-12(11(2)7-10)13-8-14(17)15(3,18)9-16(13)4/h5-7,13-14,17-18H,8-9H2,1-4H3/t13-,14+,15+/m0/s1. The van der Waals surface area contributed by atoms with Crippen LogP contribution >= 0.6 is 0 Å². The molecule has 3 heteroatoms. The summed E-state index contributed by atoms with van der Waals surface area (Å²) >= 11 is 0. The lowest BCUT2D eigenvalue weighted by Crippen LogP contribution is -2.54. The van der Waals surface area contributed by atoms with Crippen molar-refractivity contribution in [2.45, 2.75) is 44.9 Å². The Kier molecular flexibility index (Phi) is 3.49. The first kappa shape index (κ1) is 13.5. The van der Waals surface area contributed by atoms with Gasteiger partial charge in [0.15, 0.2) is 0 Å². The number of piperidine rings is 1. The van der Waals surface area contributed by atoms with Gasteiger partial charge in [0.05, 0.1) is 6.10 Å². The fourth-order valence-electron chi connectivity index (χ4n) is 2.93. The Morgan fingerprint density at radius 1 is 1.33 bits per heavy atom. The lowest BCUT2D eigenvalue weighted by Gasteiger charge is -2.44. The van der Waals surface area contributed by atoms with Crippen LogP contribution in [0.4, 0.5) is 0 Å². The fourth-order valence-corrected chi connectivity index (χ4v) is 2.93. The van der Waals surface area contributed by atoms with Gasteiger partial charge in [-0.25, -0.2) is 0 Å². The van der Waals surface area contributed by atoms with E-state index in [0.29, 0.717) is 13.0 Å². The summed E-state index contributed by atoms with van der Waals surface area (Å²) in [4.78, 5) is 2.13. The van der Waals surface area contributed by atoms with Crippen LogP contribution in [0.25, 0.3) is 0 Å². The van der Waals surface area contributed by atoms with Gasteiger partial charge >= 0.3 is 0 Å². The molecule has 3 atom stereocenters. The lowest BCUT2D eigenvalue weighted by molar-refractivity contribution is -0.121. The Labute approximate surface area is 109 Å². The quantitative estimate of drug-likeness (QED) is 0.797. The third kappa shape index (κ3) is 2.44. The van der Waals surface area contributed by atoms with Gasteiger partial charge in [0, 0.05) is 12.6 Å². The summed E-state index contributed by atoms with van der Waals surface area (Å²) in [7, 11) is 2.00. The fraction of sp³-hybridized carbons (Fsp3) is 0.600. The van der Waals surface area contributed by atoms with Crippen molar-refractivity contribution in [1.82, 2.24) is 4.90 Å². The van der Waals surface area contributed by atoms with Crippen molar-refractivity contribution in [3.8, 4) is 0 Å². The Bertz CT molecular complexity index is 442. The maximum absolute atomic E-state index is 10.1. The van der Waals surface area contributed by atoms with Crippen molar-refractivity contribution in [3.63, 3.8) is 0 Å². The molecule has 0 saturated carbocycles. The number of aliphatic hydroxyl groups excluding tert-OH is 1. The van der Waals surface area contributed by atoms with E-state index in [1.165, 1.54) is 16.7 Å². The van der Waals surface area contributed by atoms with Gasteiger partial charge in [-0.15, -0.1) is 0 Å². The van der Waals surface area contributed by atoms with E-state index in [2.05, 4.69) is 36.9 Å². The molecular formula is C15H23NO2. The SMILES string of the molecule is Cc1ccc([C@@H]2C[C@@H](O)[C@](C)(O)CN2C)c(C)c1. The first-order valence-corrected chi connectivity index (χ1v) is 6.49. The molecule has 1 aliphatic rings. The van der Waals surface area contributed by atoms with E-state index in [1.54, 1.807) is 6.92 Å². The highest BCUT2D eigenvalue weighted by Crippen LogP contribution is 2.35. The minimum Gasteiger partial charge on any atom is -0.390 e. The maximum Gasteiger partial charge on any atom is 0.100 e. The van der Waals surface area contributed by atoms with Gasteiger partial charge in [-0.2, -0.15) is 0 Å². The highest BCUT2D eigenvalue weighted by Gasteiger charge is 2.40. The lowest BCUT2D eigenvalue weighted by atomic mass is 9.83. The monoisotopic (exact) mass is 249 g/mol. The molecule has 3 nitrogen and oxygen atoms in total. The van der Waals surface area contributed by atoms with Crippen LogP contribution in [0.1, 0.15) is 36.1 Å². The number of aliphatic hydroxyl groups is 2. The summed E-state index contributed by atoms with van der Waals surface area (Å²) in [5.41, 5.74) is 2.74. The first-order chi connectivity index (χ1) is 8.31. The summed E-state index contributed by atoms with van der Waals surface area (Å²) in [6.45, 7) is 6.38. The third-order valence-electron chi connectivity index (χ3n) is 4.05. The van der Waals surface area contributed by atoms with Gasteiger partial charge in [0.1, 0.15) is 5.60 Å². The predicted molar refractivity (Wildman–Crippen MR) is 72.5 cm³/mol. The van der Waals surface area contributed by atoms with Crippen molar-refractivity contribution in [1.29, 1.82) is 0 Å². The van der Waals surface area contributed by atoms with Gasteiger partial charge in [-0.3, -0.25) is 4.90 Å². The number of aryl methyl sites for hydroxylation is 2. The van der Waals surface area contributed by atoms with Gasteiger partial charge in [0.25, 0.3) is 0 Å². The molecule has 0 spiro atoms. The van der Waals surface area contributed by atoms with Crippen LogP contribution in [0.15, 0.2) is 18.2 Å². The van der Waals surface area contributed by atoms with Crippen LogP contribution in [0.3, 0.4) is 0 Å². The Hall–Kier alpha value is -0.900. The molecule has 100 valence electrons. The molecule has 1 saturated heterocycles. The summed E-state index contributed by atoms with van der Waals surface area (Å²) < 4.78 is 0. The number of benzene rings is 1. The number of β-amino-alcohol motifs (C(OH)–C–C–N with tert-alkyl or cyclic N) is 1. The molecule has 2 N–H and O–H groups in total. The van der Waals surface area contributed by atoms with Crippen LogP contribution in [-0.2, 0) is 0 Å². The normalized spacial score (nSPS) is 33.7. The van der Waals surface area contributed by atoms with Crippen LogP contribution < -0.4 is 0 Å². The minimum absolute atomic E-state index is 0.181. The van der Waals surface area contributed by atoms with Crippen molar-refractivity contribution in [3.05, 3.63) is 34.9 Å². The summed E-state index contributed by atoms with van der Waals surface area (Å²) in [5, 5.41) is 20.2. The molecule has 2 rings (SSSR count). The van der Waals surface area contributed by atoms with Gasteiger partial charge in [0.2, 0.25) is 0 Å². The van der Waals surface area contributed by atoms with E-state index in [1.807, 2.05) is 7.05 Å². The molecule has 0 bridgehead atoms. The number of rotatable bonds is 1. The van der Waals surface area contributed by atoms with Crippen LogP contribution in [0, 0.1) is 13.8 Å². The average Bonchev–Trinajstić information content (AvgIpc) is 2.24. The molecule has 1 aromatic carbocycles. The molecule has 0 radical (unpaired) electrons. The number of likely N-dealkylation sites (N-methyl/N-ethyl adjacent to an activating group) is 1. The smallest absolute Gasteiger partial charge is 0.100 e. The van der Waals surface area contributed by atoms with E-state index in [4.69, 9.17) is 0 Å². The number of hydrogen-bond acceptors (Lipinski definition) is 3. The van der Waals surface area contributed by atoms with E-state index in [-0.39, 0.29) is 6.04 Å². The van der Waals surface area contributed by atoms with Crippen LogP contribution in [0.5, 0.6) is 0 Å². The van der Waals surface area contributed by atoms with Crippen LogP contribution in [-0.4, -0.2) is 40.4 Å². The molecule has 1 heterocycles. The van der Waals surface area contributed by atoms with Crippen molar-refractivity contribution < 1.29 is 10.2 Å². The van der Waals surface area contributed by atoms with E-state index < -0.39 is 11.7 Å². The van der Waals surface area contributed by atoms with Crippen LogP contribution in [0.2, 0.25) is 0 Å². The Morgan fingerprint density at radius 2 is 2.00 bits per heavy atom. The molecule has 18 heavy (non-hydrogen) atoms. The van der Waals surface area contributed by atoms with E-state index >= 15 is 0 Å². The third-order valence-corrected chi connectivity index (χ3v) is 4.05. The predicted octanol–water partition coefficient (Wildman–Crippen LogP) is 1.79. The zero-order chi connectivity index (χ0) is 13.5. The Morgan fingerprint density at radius 3 is 2.61 bits per heavy atom. The van der Waals surface area contributed by atoms with E-state index in [0.717, 1.165) is 0 Å².